The minimum atomic E-state index is 0.664. The van der Waals surface area contributed by atoms with Crippen LogP contribution in [0.4, 0.5) is 5.95 Å². The van der Waals surface area contributed by atoms with E-state index in [9.17, 15) is 0 Å². The van der Waals surface area contributed by atoms with Crippen molar-refractivity contribution in [1.82, 2.24) is 20.1 Å². The Labute approximate surface area is 185 Å². The van der Waals surface area contributed by atoms with Crippen LogP contribution in [0.15, 0.2) is 54.6 Å². The molecule has 0 spiro atoms. The van der Waals surface area contributed by atoms with Gasteiger partial charge in [0.05, 0.1) is 6.61 Å². The number of hydrogen-bond donors (Lipinski definition) is 2. The molecule has 0 saturated carbocycles. The van der Waals surface area contributed by atoms with Crippen molar-refractivity contribution in [2.24, 2.45) is 0 Å². The average Bonchev–Trinajstić information content (AvgIpc) is 3.25. The van der Waals surface area contributed by atoms with Gasteiger partial charge in [-0.1, -0.05) is 48.9 Å². The zero-order valence-electron chi connectivity index (χ0n) is 18.2. The van der Waals surface area contributed by atoms with E-state index >= 15 is 0 Å². The first-order chi connectivity index (χ1) is 15.3. The molecule has 0 unspecified atom stereocenters. The van der Waals surface area contributed by atoms with E-state index in [1.807, 2.05) is 18.2 Å². The smallest absolute Gasteiger partial charge is 0.242 e. The number of benzene rings is 2. The van der Waals surface area contributed by atoms with E-state index in [0.717, 1.165) is 50.5 Å². The van der Waals surface area contributed by atoms with Crippen molar-refractivity contribution in [1.29, 1.82) is 0 Å². The molecule has 0 aliphatic carbocycles. The molecular formula is C25H33N5O. The fourth-order valence-corrected chi connectivity index (χ4v) is 3.97. The quantitative estimate of drug-likeness (QED) is 0.443. The van der Waals surface area contributed by atoms with Gasteiger partial charge in [-0.05, 0) is 62.0 Å². The SMILES string of the molecule is c1ccc(Cc2nc(NCCCCOc3cccc(CN4CCCCC4)c3)n[nH]2)cc1. The Bertz CT molecular complexity index is 905. The number of hydrogen-bond acceptors (Lipinski definition) is 5. The molecule has 2 N–H and O–H groups in total. The molecule has 0 atom stereocenters. The Morgan fingerprint density at radius 3 is 2.65 bits per heavy atom. The van der Waals surface area contributed by atoms with Gasteiger partial charge in [-0.15, -0.1) is 5.10 Å². The predicted molar refractivity (Wildman–Crippen MR) is 124 cm³/mol. The summed E-state index contributed by atoms with van der Waals surface area (Å²) < 4.78 is 5.97. The number of unbranched alkanes of at least 4 members (excludes halogenated alkanes) is 1. The van der Waals surface area contributed by atoms with Crippen LogP contribution in [0.1, 0.15) is 49.1 Å². The van der Waals surface area contributed by atoms with E-state index < -0.39 is 0 Å². The van der Waals surface area contributed by atoms with E-state index in [4.69, 9.17) is 4.74 Å². The first-order valence-electron chi connectivity index (χ1n) is 11.5. The lowest BCUT2D eigenvalue weighted by molar-refractivity contribution is 0.220. The fourth-order valence-electron chi connectivity index (χ4n) is 3.97. The number of rotatable bonds is 11. The zero-order chi connectivity index (χ0) is 21.1. The van der Waals surface area contributed by atoms with Gasteiger partial charge < -0.3 is 10.1 Å². The molecule has 31 heavy (non-hydrogen) atoms. The standard InChI is InChI=1S/C25H33N5O/c1-3-10-21(11-4-1)19-24-27-25(29-28-24)26-14-5-8-17-31-23-13-9-12-22(18-23)20-30-15-6-2-7-16-30/h1,3-4,9-13,18H,2,5-8,14-17,19-20H2,(H2,26,27,28,29). The van der Waals surface area contributed by atoms with Crippen LogP contribution in [0.3, 0.4) is 0 Å². The number of nitrogens with zero attached hydrogens (tertiary/aromatic N) is 3. The molecular weight excluding hydrogens is 386 g/mol. The second-order valence-corrected chi connectivity index (χ2v) is 8.23. The summed E-state index contributed by atoms with van der Waals surface area (Å²) in [5.74, 6) is 2.51. The highest BCUT2D eigenvalue weighted by molar-refractivity contribution is 5.28. The van der Waals surface area contributed by atoms with E-state index in [0.29, 0.717) is 5.95 Å². The maximum atomic E-state index is 5.97. The molecule has 1 saturated heterocycles. The van der Waals surface area contributed by atoms with Crippen LogP contribution in [-0.4, -0.2) is 46.3 Å². The molecule has 2 heterocycles. The van der Waals surface area contributed by atoms with Gasteiger partial charge in [0, 0.05) is 19.5 Å². The summed E-state index contributed by atoms with van der Waals surface area (Å²) in [6.45, 7) is 5.03. The van der Waals surface area contributed by atoms with Crippen LogP contribution < -0.4 is 10.1 Å². The van der Waals surface area contributed by atoms with Crippen molar-refractivity contribution in [3.05, 3.63) is 71.5 Å². The van der Waals surface area contributed by atoms with Crippen LogP contribution in [0.2, 0.25) is 0 Å². The monoisotopic (exact) mass is 419 g/mol. The molecule has 1 aliphatic rings. The van der Waals surface area contributed by atoms with Crippen molar-refractivity contribution in [3.63, 3.8) is 0 Å². The molecule has 0 bridgehead atoms. The summed E-state index contributed by atoms with van der Waals surface area (Å²) >= 11 is 0. The van der Waals surface area contributed by atoms with Crippen molar-refractivity contribution >= 4 is 5.95 Å². The maximum absolute atomic E-state index is 5.97. The van der Waals surface area contributed by atoms with Crippen LogP contribution in [-0.2, 0) is 13.0 Å². The fraction of sp³-hybridized carbons (Fsp3) is 0.440. The molecule has 6 heteroatoms. The third-order valence-corrected chi connectivity index (χ3v) is 5.62. The van der Waals surface area contributed by atoms with Gasteiger partial charge in [-0.25, -0.2) is 0 Å². The highest BCUT2D eigenvalue weighted by atomic mass is 16.5. The topological polar surface area (TPSA) is 66.1 Å². The van der Waals surface area contributed by atoms with Crippen molar-refractivity contribution in [2.75, 3.05) is 31.6 Å². The van der Waals surface area contributed by atoms with Gasteiger partial charge in [0.2, 0.25) is 5.95 Å². The minimum absolute atomic E-state index is 0.664. The summed E-state index contributed by atoms with van der Waals surface area (Å²) in [5.41, 5.74) is 2.57. The molecule has 0 radical (unpaired) electrons. The highest BCUT2D eigenvalue weighted by Gasteiger charge is 2.10. The van der Waals surface area contributed by atoms with Crippen LogP contribution in [0, 0.1) is 0 Å². The average molecular weight is 420 g/mol. The third-order valence-electron chi connectivity index (χ3n) is 5.62. The number of piperidine rings is 1. The molecule has 4 rings (SSSR count). The van der Waals surface area contributed by atoms with Crippen LogP contribution in [0.25, 0.3) is 0 Å². The highest BCUT2D eigenvalue weighted by Crippen LogP contribution is 2.18. The van der Waals surface area contributed by atoms with Crippen LogP contribution >= 0.6 is 0 Å². The van der Waals surface area contributed by atoms with E-state index in [-0.39, 0.29) is 0 Å². The Balaban J connectivity index is 1.11. The first kappa shape index (κ1) is 21.4. The van der Waals surface area contributed by atoms with Gasteiger partial charge in [0.25, 0.3) is 0 Å². The molecule has 3 aromatic rings. The molecule has 2 aromatic carbocycles. The van der Waals surface area contributed by atoms with E-state index in [1.165, 1.54) is 43.5 Å². The lowest BCUT2D eigenvalue weighted by Gasteiger charge is -2.26. The van der Waals surface area contributed by atoms with E-state index in [2.05, 4.69) is 61.8 Å². The zero-order valence-corrected chi connectivity index (χ0v) is 18.2. The molecule has 1 aliphatic heterocycles. The second kappa shape index (κ2) is 11.5. The summed E-state index contributed by atoms with van der Waals surface area (Å²) in [7, 11) is 0. The lowest BCUT2D eigenvalue weighted by atomic mass is 10.1. The normalized spacial score (nSPS) is 14.5. The second-order valence-electron chi connectivity index (χ2n) is 8.23. The molecule has 6 nitrogen and oxygen atoms in total. The third kappa shape index (κ3) is 7.10. The van der Waals surface area contributed by atoms with Crippen molar-refractivity contribution < 1.29 is 4.74 Å². The van der Waals surface area contributed by atoms with Gasteiger partial charge in [0.15, 0.2) is 0 Å². The van der Waals surface area contributed by atoms with Crippen molar-refractivity contribution in [2.45, 2.75) is 45.1 Å². The van der Waals surface area contributed by atoms with Crippen LogP contribution in [0.5, 0.6) is 5.75 Å². The van der Waals surface area contributed by atoms with Gasteiger partial charge in [-0.2, -0.15) is 4.98 Å². The molecule has 1 fully saturated rings. The van der Waals surface area contributed by atoms with E-state index in [1.54, 1.807) is 0 Å². The van der Waals surface area contributed by atoms with Gasteiger partial charge in [-0.3, -0.25) is 10.00 Å². The Hall–Kier alpha value is -2.86. The number of nitrogens with one attached hydrogen (secondary N) is 2. The first-order valence-corrected chi connectivity index (χ1v) is 11.5. The van der Waals surface area contributed by atoms with Gasteiger partial charge in [0.1, 0.15) is 11.6 Å². The number of likely N-dealkylation sites (tertiary alicyclic amines) is 1. The number of aromatic amines is 1. The Morgan fingerprint density at radius 2 is 1.77 bits per heavy atom. The molecule has 0 amide bonds. The number of H-pyrrole nitrogens is 1. The summed E-state index contributed by atoms with van der Waals surface area (Å²) in [4.78, 5) is 7.06. The molecule has 164 valence electrons. The summed E-state index contributed by atoms with van der Waals surface area (Å²) in [6, 6.07) is 18.8. The Kier molecular flexibility index (Phi) is 7.94. The summed E-state index contributed by atoms with van der Waals surface area (Å²) in [5, 5.41) is 10.6. The number of anilines is 1. The Morgan fingerprint density at radius 1 is 0.935 bits per heavy atom. The minimum Gasteiger partial charge on any atom is -0.494 e. The lowest BCUT2D eigenvalue weighted by Crippen LogP contribution is -2.29. The van der Waals surface area contributed by atoms with Gasteiger partial charge >= 0.3 is 0 Å². The predicted octanol–water partition coefficient (Wildman–Crippen LogP) is 4.65. The maximum Gasteiger partial charge on any atom is 0.242 e. The number of aromatic nitrogens is 3. The number of ether oxygens (including phenoxy) is 1. The largest absolute Gasteiger partial charge is 0.494 e. The molecule has 1 aromatic heterocycles. The summed E-state index contributed by atoms with van der Waals surface area (Å²) in [6.07, 6.45) is 6.79. The van der Waals surface area contributed by atoms with Crippen molar-refractivity contribution in [3.8, 4) is 5.75 Å².